The molecule has 6 nitrogen and oxygen atoms in total. The van der Waals surface area contributed by atoms with Crippen LogP contribution in [0.5, 0.6) is 0 Å². The van der Waals surface area contributed by atoms with Gasteiger partial charge in [0.05, 0.1) is 24.5 Å². The highest BCUT2D eigenvalue weighted by atomic mass is 16.5. The molecular weight excluding hydrogens is 248 g/mol. The lowest BCUT2D eigenvalue weighted by Crippen LogP contribution is -2.47. The average Bonchev–Trinajstić information content (AvgIpc) is 2.88. The van der Waals surface area contributed by atoms with Gasteiger partial charge in [-0.1, -0.05) is 13.8 Å². The second kappa shape index (κ2) is 6.86. The number of carboxylic acids is 1. The zero-order valence-corrected chi connectivity index (χ0v) is 11.9. The molecular formula is C13H24N2O4. The summed E-state index contributed by atoms with van der Waals surface area (Å²) in [5.41, 5.74) is -0.871. The van der Waals surface area contributed by atoms with Gasteiger partial charge in [-0.3, -0.25) is 9.59 Å². The summed E-state index contributed by atoms with van der Waals surface area (Å²) < 4.78 is 5.27. The molecule has 1 rings (SSSR count). The van der Waals surface area contributed by atoms with Crippen molar-refractivity contribution in [3.8, 4) is 0 Å². The lowest BCUT2D eigenvalue weighted by Gasteiger charge is -2.28. The lowest BCUT2D eigenvalue weighted by molar-refractivity contribution is -0.149. The van der Waals surface area contributed by atoms with Gasteiger partial charge in [0.25, 0.3) is 0 Å². The number of carboxylic acid groups (broad SMARTS) is 1. The van der Waals surface area contributed by atoms with E-state index in [9.17, 15) is 14.7 Å². The maximum atomic E-state index is 12.1. The summed E-state index contributed by atoms with van der Waals surface area (Å²) in [5, 5.41) is 15.1. The normalized spacial score (nSPS) is 23.3. The predicted octanol–water partition coefficient (Wildman–Crippen LogP) is 0.228. The molecule has 2 unspecified atom stereocenters. The number of carbonyl (C=O) groups excluding carboxylic acids is 1. The molecule has 110 valence electrons. The molecule has 0 aromatic rings. The quantitative estimate of drug-likeness (QED) is 0.617. The molecule has 0 saturated carbocycles. The van der Waals surface area contributed by atoms with Crippen molar-refractivity contribution in [1.82, 2.24) is 10.6 Å². The summed E-state index contributed by atoms with van der Waals surface area (Å²) in [6.07, 6.45) is 0.992. The summed E-state index contributed by atoms with van der Waals surface area (Å²) in [5.74, 6) is -1.24. The van der Waals surface area contributed by atoms with Crippen LogP contribution in [0.15, 0.2) is 0 Å². The zero-order chi connectivity index (χ0) is 14.5. The molecule has 1 amide bonds. The Morgan fingerprint density at radius 2 is 1.95 bits per heavy atom. The van der Waals surface area contributed by atoms with E-state index in [2.05, 4.69) is 10.6 Å². The van der Waals surface area contributed by atoms with Crippen LogP contribution >= 0.6 is 0 Å². The summed E-state index contributed by atoms with van der Waals surface area (Å²) in [6.45, 7) is 4.73. The number of hydrogen-bond acceptors (Lipinski definition) is 4. The van der Waals surface area contributed by atoms with E-state index in [1.54, 1.807) is 7.05 Å². The Balaban J connectivity index is 2.59. The Hall–Kier alpha value is -1.14. The van der Waals surface area contributed by atoms with Crippen LogP contribution in [0.25, 0.3) is 0 Å². The third-order valence-corrected chi connectivity index (χ3v) is 4.20. The fourth-order valence-corrected chi connectivity index (χ4v) is 2.36. The second-order valence-electron chi connectivity index (χ2n) is 5.05. The van der Waals surface area contributed by atoms with Crippen LogP contribution < -0.4 is 10.6 Å². The van der Waals surface area contributed by atoms with E-state index in [4.69, 9.17) is 4.74 Å². The molecule has 0 radical (unpaired) electrons. The number of aliphatic carboxylic acids is 1. The van der Waals surface area contributed by atoms with Crippen molar-refractivity contribution < 1.29 is 19.4 Å². The molecule has 0 aromatic carbocycles. The minimum absolute atomic E-state index is 0.00230. The van der Waals surface area contributed by atoms with Gasteiger partial charge in [-0.25, -0.2) is 0 Å². The van der Waals surface area contributed by atoms with E-state index in [-0.39, 0.29) is 24.4 Å². The van der Waals surface area contributed by atoms with Gasteiger partial charge >= 0.3 is 5.97 Å². The third-order valence-electron chi connectivity index (χ3n) is 4.20. The molecule has 0 aromatic heterocycles. The summed E-state index contributed by atoms with van der Waals surface area (Å²) in [7, 11) is 1.79. The molecule has 2 atom stereocenters. The topological polar surface area (TPSA) is 87.7 Å². The van der Waals surface area contributed by atoms with E-state index in [0.717, 1.165) is 0 Å². The van der Waals surface area contributed by atoms with Gasteiger partial charge in [-0.15, -0.1) is 0 Å². The van der Waals surface area contributed by atoms with Crippen LogP contribution in [-0.2, 0) is 14.3 Å². The van der Waals surface area contributed by atoms with Crippen LogP contribution in [0, 0.1) is 11.3 Å². The zero-order valence-electron chi connectivity index (χ0n) is 11.9. The van der Waals surface area contributed by atoms with Gasteiger partial charge in [-0.2, -0.15) is 0 Å². The van der Waals surface area contributed by atoms with Gasteiger partial charge in [0, 0.05) is 12.6 Å². The first-order valence-corrected chi connectivity index (χ1v) is 6.76. The minimum atomic E-state index is -0.871. The van der Waals surface area contributed by atoms with Crippen LogP contribution in [0.1, 0.15) is 26.7 Å². The van der Waals surface area contributed by atoms with Gasteiger partial charge in [0.2, 0.25) is 5.91 Å². The monoisotopic (exact) mass is 272 g/mol. The minimum Gasteiger partial charge on any atom is -0.481 e. The highest BCUT2D eigenvalue weighted by Gasteiger charge is 2.38. The van der Waals surface area contributed by atoms with E-state index in [1.165, 1.54) is 0 Å². The molecule has 19 heavy (non-hydrogen) atoms. The fourth-order valence-electron chi connectivity index (χ4n) is 2.36. The number of likely N-dealkylation sites (N-methyl/N-ethyl adjacent to an activating group) is 1. The molecule has 0 spiro atoms. The Morgan fingerprint density at radius 3 is 2.42 bits per heavy atom. The number of amides is 1. The standard InChI is InChI=1S/C13H24N2O4/c1-4-13(5-2,12(17)18)8-15-11(16)9-6-19-7-10(9)14-3/h9-10,14H,4-8H2,1-3H3,(H,15,16)(H,17,18). The van der Waals surface area contributed by atoms with Crippen LogP contribution in [-0.4, -0.2) is 49.8 Å². The van der Waals surface area contributed by atoms with Crippen LogP contribution in [0.3, 0.4) is 0 Å². The molecule has 1 aliphatic rings. The predicted molar refractivity (Wildman–Crippen MR) is 70.8 cm³/mol. The second-order valence-corrected chi connectivity index (χ2v) is 5.05. The SMILES string of the molecule is CCC(CC)(CNC(=O)C1COCC1NC)C(=O)O. The molecule has 3 N–H and O–H groups in total. The maximum Gasteiger partial charge on any atom is 0.311 e. The van der Waals surface area contributed by atoms with Crippen molar-refractivity contribution in [2.75, 3.05) is 26.8 Å². The Morgan fingerprint density at radius 1 is 1.32 bits per heavy atom. The Kier molecular flexibility index (Phi) is 5.75. The lowest BCUT2D eigenvalue weighted by atomic mass is 9.82. The highest BCUT2D eigenvalue weighted by Crippen LogP contribution is 2.26. The Bertz CT molecular complexity index is 329. The number of rotatable bonds is 7. The molecule has 1 fully saturated rings. The number of carbonyl (C=O) groups is 2. The van der Waals surface area contributed by atoms with Crippen LogP contribution in [0.4, 0.5) is 0 Å². The molecule has 0 aliphatic carbocycles. The van der Waals surface area contributed by atoms with Crippen molar-refractivity contribution in [2.45, 2.75) is 32.7 Å². The maximum absolute atomic E-state index is 12.1. The summed E-state index contributed by atoms with van der Waals surface area (Å²) >= 11 is 0. The first-order valence-electron chi connectivity index (χ1n) is 6.76. The average molecular weight is 272 g/mol. The van der Waals surface area contributed by atoms with Crippen molar-refractivity contribution in [2.24, 2.45) is 11.3 Å². The van der Waals surface area contributed by atoms with Crippen LogP contribution in [0.2, 0.25) is 0 Å². The third kappa shape index (κ3) is 3.45. The van der Waals surface area contributed by atoms with Gasteiger partial charge in [-0.05, 0) is 19.9 Å². The van der Waals surface area contributed by atoms with E-state index in [1.807, 2.05) is 13.8 Å². The van der Waals surface area contributed by atoms with Gasteiger partial charge in [0.1, 0.15) is 0 Å². The van der Waals surface area contributed by atoms with Crippen molar-refractivity contribution in [3.63, 3.8) is 0 Å². The largest absolute Gasteiger partial charge is 0.481 e. The molecule has 1 aliphatic heterocycles. The molecule has 1 heterocycles. The number of ether oxygens (including phenoxy) is 1. The summed E-state index contributed by atoms with van der Waals surface area (Å²) in [6, 6.07) is 0.00230. The summed E-state index contributed by atoms with van der Waals surface area (Å²) in [4.78, 5) is 23.4. The van der Waals surface area contributed by atoms with Gasteiger partial charge < -0.3 is 20.5 Å². The van der Waals surface area contributed by atoms with E-state index in [0.29, 0.717) is 26.1 Å². The highest BCUT2D eigenvalue weighted by molar-refractivity contribution is 5.81. The van der Waals surface area contributed by atoms with Crippen molar-refractivity contribution in [3.05, 3.63) is 0 Å². The van der Waals surface area contributed by atoms with E-state index >= 15 is 0 Å². The first-order chi connectivity index (χ1) is 9.00. The van der Waals surface area contributed by atoms with Crippen molar-refractivity contribution >= 4 is 11.9 Å². The number of hydrogen-bond donors (Lipinski definition) is 3. The number of nitrogens with one attached hydrogen (secondary N) is 2. The Labute approximate surface area is 113 Å². The fraction of sp³-hybridized carbons (Fsp3) is 0.846. The molecule has 0 bridgehead atoms. The smallest absolute Gasteiger partial charge is 0.311 e. The van der Waals surface area contributed by atoms with Gasteiger partial charge in [0.15, 0.2) is 0 Å². The molecule has 1 saturated heterocycles. The van der Waals surface area contributed by atoms with E-state index < -0.39 is 11.4 Å². The van der Waals surface area contributed by atoms with Crippen molar-refractivity contribution in [1.29, 1.82) is 0 Å². The molecule has 6 heteroatoms. The first kappa shape index (κ1) is 15.9.